The number of methoxy groups -OCH3 is 1. The lowest BCUT2D eigenvalue weighted by Gasteiger charge is -2.08. The van der Waals surface area contributed by atoms with Gasteiger partial charge in [-0.15, -0.1) is 0 Å². The van der Waals surface area contributed by atoms with Crippen LogP contribution in [0.1, 0.15) is 6.42 Å². The molecular weight excluding hydrogens is 315 g/mol. The van der Waals surface area contributed by atoms with E-state index in [-0.39, 0.29) is 18.1 Å². The van der Waals surface area contributed by atoms with E-state index in [1.807, 2.05) is 0 Å². The predicted octanol–water partition coefficient (Wildman–Crippen LogP) is 1.58. The molecule has 124 valence electrons. The van der Waals surface area contributed by atoms with Gasteiger partial charge in [0.1, 0.15) is 23.4 Å². The number of amides is 1. The summed E-state index contributed by atoms with van der Waals surface area (Å²) in [5.41, 5.74) is 7.10. The highest BCUT2D eigenvalue weighted by Gasteiger charge is 2.10. The van der Waals surface area contributed by atoms with E-state index in [1.165, 1.54) is 25.6 Å². The minimum absolute atomic E-state index is 0.161. The normalized spacial score (nSPS) is 10.8. The van der Waals surface area contributed by atoms with Gasteiger partial charge in [-0.05, 0) is 6.07 Å². The number of fused-ring (bicyclic) bond motifs is 1. The van der Waals surface area contributed by atoms with E-state index in [0.717, 1.165) is 0 Å². The van der Waals surface area contributed by atoms with Crippen LogP contribution in [0.4, 0.5) is 15.9 Å². The van der Waals surface area contributed by atoms with Gasteiger partial charge in [0, 0.05) is 30.8 Å². The van der Waals surface area contributed by atoms with Gasteiger partial charge in [0.05, 0.1) is 13.4 Å². The highest BCUT2D eigenvalue weighted by molar-refractivity contribution is 5.91. The molecule has 0 unspecified atom stereocenters. The summed E-state index contributed by atoms with van der Waals surface area (Å²) < 4.78 is 20.1. The number of hydrogen-bond acceptors (Lipinski definition) is 6. The Labute approximate surface area is 136 Å². The summed E-state index contributed by atoms with van der Waals surface area (Å²) in [5, 5.41) is 2.63. The average Bonchev–Trinajstić information content (AvgIpc) is 2.97. The number of carbonyl (C=O) groups is 1. The topological polar surface area (TPSA) is 108 Å². The van der Waals surface area contributed by atoms with Gasteiger partial charge in [0.25, 0.3) is 0 Å². The maximum absolute atomic E-state index is 13.4. The molecule has 0 saturated heterocycles. The first kappa shape index (κ1) is 15.7. The molecular formula is C15H15FN6O2. The third-order valence-corrected chi connectivity index (χ3v) is 3.40. The molecule has 0 atom stereocenters. The fraction of sp³-hybridized carbons (Fsp3) is 0.200. The SMILES string of the molecule is COc1cc(F)cc(NC(=O)CCn2cnc3c(N)ncnc32)c1. The van der Waals surface area contributed by atoms with E-state index in [2.05, 4.69) is 20.3 Å². The van der Waals surface area contributed by atoms with Crippen molar-refractivity contribution >= 4 is 28.6 Å². The number of aromatic nitrogens is 4. The number of benzene rings is 1. The van der Waals surface area contributed by atoms with Crippen LogP contribution in [0.5, 0.6) is 5.75 Å². The van der Waals surface area contributed by atoms with Gasteiger partial charge < -0.3 is 20.4 Å². The van der Waals surface area contributed by atoms with Crippen molar-refractivity contribution in [2.24, 2.45) is 0 Å². The van der Waals surface area contributed by atoms with Crippen molar-refractivity contribution in [1.82, 2.24) is 19.5 Å². The van der Waals surface area contributed by atoms with Gasteiger partial charge in [-0.25, -0.2) is 19.3 Å². The molecule has 24 heavy (non-hydrogen) atoms. The predicted molar refractivity (Wildman–Crippen MR) is 85.9 cm³/mol. The number of ether oxygens (including phenoxy) is 1. The molecule has 9 heteroatoms. The van der Waals surface area contributed by atoms with E-state index in [0.29, 0.717) is 29.1 Å². The molecule has 0 radical (unpaired) electrons. The highest BCUT2D eigenvalue weighted by atomic mass is 19.1. The fourth-order valence-corrected chi connectivity index (χ4v) is 2.26. The molecule has 0 aliphatic heterocycles. The molecule has 3 rings (SSSR count). The number of nitrogens with zero attached hydrogens (tertiary/aromatic N) is 4. The number of nitrogens with one attached hydrogen (secondary N) is 1. The van der Waals surface area contributed by atoms with Crippen LogP contribution >= 0.6 is 0 Å². The highest BCUT2D eigenvalue weighted by Crippen LogP contribution is 2.20. The van der Waals surface area contributed by atoms with Crippen molar-refractivity contribution in [3.63, 3.8) is 0 Å². The van der Waals surface area contributed by atoms with Crippen molar-refractivity contribution in [3.8, 4) is 5.75 Å². The van der Waals surface area contributed by atoms with Gasteiger partial charge in [0.2, 0.25) is 5.91 Å². The van der Waals surface area contributed by atoms with Gasteiger partial charge >= 0.3 is 0 Å². The van der Waals surface area contributed by atoms with Crippen molar-refractivity contribution in [1.29, 1.82) is 0 Å². The average molecular weight is 330 g/mol. The summed E-state index contributed by atoms with van der Waals surface area (Å²) in [7, 11) is 1.43. The van der Waals surface area contributed by atoms with Gasteiger partial charge in [0.15, 0.2) is 11.5 Å². The fourth-order valence-electron chi connectivity index (χ4n) is 2.26. The molecule has 0 spiro atoms. The largest absolute Gasteiger partial charge is 0.497 e. The molecule has 1 aromatic carbocycles. The summed E-state index contributed by atoms with van der Waals surface area (Å²) in [6, 6.07) is 4.00. The molecule has 0 bridgehead atoms. The van der Waals surface area contributed by atoms with Crippen molar-refractivity contribution in [3.05, 3.63) is 36.7 Å². The zero-order valence-electron chi connectivity index (χ0n) is 12.9. The summed E-state index contributed by atoms with van der Waals surface area (Å²) >= 11 is 0. The number of aryl methyl sites for hydroxylation is 1. The van der Waals surface area contributed by atoms with Gasteiger partial charge in [-0.2, -0.15) is 0 Å². The number of halogens is 1. The number of hydrogen-bond donors (Lipinski definition) is 2. The second-order valence-corrected chi connectivity index (χ2v) is 5.05. The lowest BCUT2D eigenvalue weighted by Crippen LogP contribution is -2.14. The first-order valence-electron chi connectivity index (χ1n) is 7.12. The Bertz CT molecular complexity index is 895. The molecule has 0 aliphatic carbocycles. The van der Waals surface area contributed by atoms with Crippen molar-refractivity contribution in [2.75, 3.05) is 18.2 Å². The van der Waals surface area contributed by atoms with Crippen LogP contribution in [0.2, 0.25) is 0 Å². The maximum atomic E-state index is 13.4. The second-order valence-electron chi connectivity index (χ2n) is 5.05. The minimum Gasteiger partial charge on any atom is -0.497 e. The Balaban J connectivity index is 1.67. The number of anilines is 2. The zero-order valence-corrected chi connectivity index (χ0v) is 12.9. The van der Waals surface area contributed by atoms with Gasteiger partial charge in [-0.3, -0.25) is 4.79 Å². The Morgan fingerprint density at radius 1 is 1.33 bits per heavy atom. The standard InChI is InChI=1S/C15H15FN6O2/c1-24-11-5-9(16)4-10(6-11)21-12(23)2-3-22-8-20-13-14(17)18-7-19-15(13)22/h4-8H,2-3H2,1H3,(H,21,23)(H2,17,18,19). The molecule has 0 fully saturated rings. The first-order valence-corrected chi connectivity index (χ1v) is 7.12. The van der Waals surface area contributed by atoms with E-state index >= 15 is 0 Å². The van der Waals surface area contributed by atoms with Crippen LogP contribution in [0.15, 0.2) is 30.9 Å². The quantitative estimate of drug-likeness (QED) is 0.735. The van der Waals surface area contributed by atoms with E-state index in [9.17, 15) is 9.18 Å². The Morgan fingerprint density at radius 3 is 2.96 bits per heavy atom. The van der Waals surface area contributed by atoms with E-state index in [1.54, 1.807) is 17.0 Å². The Morgan fingerprint density at radius 2 is 2.17 bits per heavy atom. The summed E-state index contributed by atoms with van der Waals surface area (Å²) in [4.78, 5) is 24.2. The lowest BCUT2D eigenvalue weighted by molar-refractivity contribution is -0.116. The number of rotatable bonds is 5. The number of nitrogens with two attached hydrogens (primary N) is 1. The summed E-state index contributed by atoms with van der Waals surface area (Å²) in [6.07, 6.45) is 3.05. The molecule has 8 nitrogen and oxygen atoms in total. The minimum atomic E-state index is -0.488. The lowest BCUT2D eigenvalue weighted by atomic mass is 10.2. The number of imidazole rings is 1. The van der Waals surface area contributed by atoms with Crippen LogP contribution in [0, 0.1) is 5.82 Å². The molecule has 0 aliphatic rings. The van der Waals surface area contributed by atoms with E-state index in [4.69, 9.17) is 10.5 Å². The molecule has 2 aromatic heterocycles. The summed E-state index contributed by atoms with van der Waals surface area (Å²) in [6.45, 7) is 0.352. The number of nitrogen functional groups attached to an aromatic ring is 1. The zero-order chi connectivity index (χ0) is 17.1. The van der Waals surface area contributed by atoms with Crippen LogP contribution < -0.4 is 15.8 Å². The Kier molecular flexibility index (Phi) is 4.23. The first-order chi connectivity index (χ1) is 11.6. The Hall–Kier alpha value is -3.23. The molecule has 0 saturated carbocycles. The van der Waals surface area contributed by atoms with Gasteiger partial charge in [-0.1, -0.05) is 0 Å². The second kappa shape index (κ2) is 6.49. The number of carbonyl (C=O) groups excluding carboxylic acids is 1. The maximum Gasteiger partial charge on any atom is 0.226 e. The monoisotopic (exact) mass is 330 g/mol. The summed E-state index contributed by atoms with van der Waals surface area (Å²) in [5.74, 6) is -0.142. The van der Waals surface area contributed by atoms with Crippen LogP contribution in [0.3, 0.4) is 0 Å². The third kappa shape index (κ3) is 3.24. The molecule has 2 heterocycles. The van der Waals surface area contributed by atoms with Crippen molar-refractivity contribution in [2.45, 2.75) is 13.0 Å². The van der Waals surface area contributed by atoms with Crippen LogP contribution in [-0.2, 0) is 11.3 Å². The van der Waals surface area contributed by atoms with Crippen LogP contribution in [-0.4, -0.2) is 32.5 Å². The van der Waals surface area contributed by atoms with Crippen LogP contribution in [0.25, 0.3) is 11.2 Å². The molecule has 3 N–H and O–H groups in total. The van der Waals surface area contributed by atoms with Crippen molar-refractivity contribution < 1.29 is 13.9 Å². The molecule has 1 amide bonds. The smallest absolute Gasteiger partial charge is 0.226 e. The molecule has 3 aromatic rings. The third-order valence-electron chi connectivity index (χ3n) is 3.40. The van der Waals surface area contributed by atoms with E-state index < -0.39 is 5.82 Å².